The second kappa shape index (κ2) is 16.5. The van der Waals surface area contributed by atoms with Crippen molar-refractivity contribution in [2.45, 2.75) is 50.8 Å². The summed E-state index contributed by atoms with van der Waals surface area (Å²) in [5.41, 5.74) is 5.89. The smallest absolute Gasteiger partial charge is 0.257 e. The molecule has 6 aromatic rings. The molecule has 8 rings (SSSR count). The molecule has 4 aromatic heterocycles. The van der Waals surface area contributed by atoms with Crippen molar-refractivity contribution < 1.29 is 33.7 Å². The molecule has 2 unspecified atom stereocenters. The average molecular weight is 765 g/mol. The number of hydrogen-bond donors (Lipinski definition) is 2. The maximum Gasteiger partial charge on any atom is 0.257 e. The van der Waals surface area contributed by atoms with E-state index in [1.165, 1.54) is 5.39 Å². The Morgan fingerprint density at radius 2 is 1.60 bits per heavy atom. The van der Waals surface area contributed by atoms with E-state index in [0.717, 1.165) is 50.9 Å². The molecule has 0 aliphatic carbocycles. The lowest BCUT2D eigenvalue weighted by molar-refractivity contribution is -0.139. The Hall–Kier alpha value is -6.78. The fraction of sp³-hybridized carbons (Fsp3) is 0.273. The number of carbonyl (C=O) groups excluding carboxylic acids is 3. The molecule has 6 heterocycles. The molecule has 1 fully saturated rings. The largest absolute Gasteiger partial charge is 0.494 e. The lowest BCUT2D eigenvalue weighted by atomic mass is 10.0. The fourth-order valence-electron chi connectivity index (χ4n) is 7.19. The van der Waals surface area contributed by atoms with E-state index in [4.69, 9.17) is 14.2 Å². The maximum absolute atomic E-state index is 13.1. The van der Waals surface area contributed by atoms with Gasteiger partial charge in [-0.25, -0.2) is 9.97 Å². The van der Waals surface area contributed by atoms with Crippen molar-refractivity contribution in [1.82, 2.24) is 29.7 Å². The van der Waals surface area contributed by atoms with Crippen molar-refractivity contribution in [3.63, 3.8) is 0 Å². The second-order valence-electron chi connectivity index (χ2n) is 13.9. The van der Waals surface area contributed by atoms with Crippen molar-refractivity contribution in [2.75, 3.05) is 19.8 Å². The van der Waals surface area contributed by atoms with Gasteiger partial charge in [0.05, 0.1) is 30.9 Å². The number of piperidine rings is 1. The van der Waals surface area contributed by atoms with E-state index >= 15 is 0 Å². The molecule has 57 heavy (non-hydrogen) atoms. The molecule has 2 aliphatic heterocycles. The standard InChI is InChI=1S/C44H40N6O7/c1-49-36-18-19-45-27-35(36)32-12-9-29(23-38(32)49)30-10-17-41(47-26-30)57-22-6-21-56-40-16-8-28(25-46-40)7-4-2-3-5-20-55-31-11-13-33-34(24-31)44(54)50(43(33)53)37-14-15-39(51)48-42(37)52/h8-13,16-19,23-27,37,43,53H,2-3,5-6,14-15,20-22H2,1H3,(H,48,51,52). The van der Waals surface area contributed by atoms with Crippen LogP contribution in [0.25, 0.3) is 32.9 Å². The van der Waals surface area contributed by atoms with E-state index in [0.29, 0.717) is 55.7 Å². The summed E-state index contributed by atoms with van der Waals surface area (Å²) in [4.78, 5) is 51.2. The fourth-order valence-corrected chi connectivity index (χ4v) is 7.19. The van der Waals surface area contributed by atoms with Gasteiger partial charge in [-0.2, -0.15) is 0 Å². The molecule has 2 aromatic carbocycles. The van der Waals surface area contributed by atoms with Crippen molar-refractivity contribution in [1.29, 1.82) is 0 Å². The number of aromatic nitrogens is 4. The molecule has 1 saturated heterocycles. The highest BCUT2D eigenvalue weighted by molar-refractivity contribution is 6.08. The molecule has 3 amide bonds. The summed E-state index contributed by atoms with van der Waals surface area (Å²) in [7, 11) is 2.07. The molecule has 0 radical (unpaired) electrons. The van der Waals surface area contributed by atoms with Crippen LogP contribution in [0.5, 0.6) is 17.5 Å². The number of pyridine rings is 3. The van der Waals surface area contributed by atoms with Crippen LogP contribution < -0.4 is 19.5 Å². The Morgan fingerprint density at radius 1 is 0.807 bits per heavy atom. The summed E-state index contributed by atoms with van der Waals surface area (Å²) in [6.45, 7) is 1.33. The number of nitrogens with zero attached hydrogens (tertiary/aromatic N) is 5. The molecule has 0 saturated carbocycles. The summed E-state index contributed by atoms with van der Waals surface area (Å²) in [6.07, 6.45) is 9.18. The van der Waals surface area contributed by atoms with Crippen LogP contribution in [0, 0.1) is 11.8 Å². The summed E-state index contributed by atoms with van der Waals surface area (Å²) in [6, 6.07) is 20.1. The normalized spacial score (nSPS) is 16.3. The van der Waals surface area contributed by atoms with Gasteiger partial charge in [0.1, 0.15) is 11.8 Å². The van der Waals surface area contributed by atoms with Gasteiger partial charge >= 0.3 is 0 Å². The van der Waals surface area contributed by atoms with E-state index in [2.05, 4.69) is 61.9 Å². The van der Waals surface area contributed by atoms with E-state index in [1.807, 2.05) is 42.9 Å². The zero-order valence-electron chi connectivity index (χ0n) is 31.3. The molecule has 0 bridgehead atoms. The van der Waals surface area contributed by atoms with E-state index < -0.39 is 24.1 Å². The lowest BCUT2D eigenvalue weighted by Gasteiger charge is -2.31. The Morgan fingerprint density at radius 3 is 2.37 bits per heavy atom. The highest BCUT2D eigenvalue weighted by Crippen LogP contribution is 2.37. The van der Waals surface area contributed by atoms with Crippen molar-refractivity contribution in [2.24, 2.45) is 7.05 Å². The lowest BCUT2D eigenvalue weighted by Crippen LogP contribution is -2.53. The summed E-state index contributed by atoms with van der Waals surface area (Å²) >= 11 is 0. The van der Waals surface area contributed by atoms with Gasteiger partial charge in [0.15, 0.2) is 6.23 Å². The van der Waals surface area contributed by atoms with Crippen LogP contribution >= 0.6 is 0 Å². The van der Waals surface area contributed by atoms with Gasteiger partial charge in [0.2, 0.25) is 23.6 Å². The number of amides is 3. The second-order valence-corrected chi connectivity index (χ2v) is 13.9. The Bertz CT molecular complexity index is 2520. The predicted molar refractivity (Wildman–Crippen MR) is 211 cm³/mol. The van der Waals surface area contributed by atoms with Crippen molar-refractivity contribution in [3.8, 4) is 40.5 Å². The molecular weight excluding hydrogens is 725 g/mol. The number of imide groups is 1. The Labute approximate surface area is 328 Å². The van der Waals surface area contributed by atoms with Crippen LogP contribution in [0.2, 0.25) is 0 Å². The van der Waals surface area contributed by atoms with E-state index in [1.54, 1.807) is 30.5 Å². The number of rotatable bonds is 13. The molecule has 288 valence electrons. The number of aryl methyl sites for hydroxylation is 1. The van der Waals surface area contributed by atoms with Gasteiger partial charge in [-0.15, -0.1) is 0 Å². The van der Waals surface area contributed by atoms with Gasteiger partial charge in [-0.05, 0) is 61.2 Å². The number of benzene rings is 2. The zero-order valence-corrected chi connectivity index (χ0v) is 31.3. The van der Waals surface area contributed by atoms with Gasteiger partial charge < -0.3 is 23.9 Å². The SMILES string of the molecule is Cn1c2ccncc2c2ccc(-c3ccc(OCCCOc4ccc(C#CCCCCOc5ccc6c(c5)C(=O)N(C5CCC(=O)NC5=O)C6O)cn4)nc3)cc21. The van der Waals surface area contributed by atoms with Gasteiger partial charge in [-0.3, -0.25) is 29.6 Å². The maximum atomic E-state index is 13.1. The van der Waals surface area contributed by atoms with Crippen LogP contribution in [-0.2, 0) is 16.6 Å². The van der Waals surface area contributed by atoms with E-state index in [-0.39, 0.29) is 24.3 Å². The summed E-state index contributed by atoms with van der Waals surface area (Å²) < 4.78 is 19.7. The van der Waals surface area contributed by atoms with Crippen molar-refractivity contribution >= 4 is 39.5 Å². The number of ether oxygens (including phenoxy) is 3. The number of nitrogens with one attached hydrogen (secondary N) is 1. The van der Waals surface area contributed by atoms with Crippen LogP contribution in [0.4, 0.5) is 0 Å². The highest BCUT2D eigenvalue weighted by Gasteiger charge is 2.44. The van der Waals surface area contributed by atoms with Crippen LogP contribution in [-0.4, -0.2) is 73.1 Å². The molecule has 0 spiro atoms. The zero-order chi connectivity index (χ0) is 39.3. The number of hydrogen-bond acceptors (Lipinski definition) is 10. The molecule has 2 aliphatic rings. The van der Waals surface area contributed by atoms with Gasteiger partial charge in [-0.1, -0.05) is 30.0 Å². The highest BCUT2D eigenvalue weighted by atomic mass is 16.5. The first-order chi connectivity index (χ1) is 27.8. The van der Waals surface area contributed by atoms with Crippen LogP contribution in [0.1, 0.15) is 66.2 Å². The molecule has 2 atom stereocenters. The number of aliphatic hydroxyl groups excluding tert-OH is 1. The first-order valence-electron chi connectivity index (χ1n) is 18.9. The minimum absolute atomic E-state index is 0.111. The van der Waals surface area contributed by atoms with Crippen LogP contribution in [0.15, 0.2) is 91.5 Å². The minimum Gasteiger partial charge on any atom is -0.494 e. The number of unbranched alkanes of at least 4 members (excludes halogenated alkanes) is 2. The van der Waals surface area contributed by atoms with E-state index in [9.17, 15) is 19.5 Å². The Kier molecular flexibility index (Phi) is 10.8. The third-order valence-corrected chi connectivity index (χ3v) is 10.2. The topological polar surface area (TPSA) is 158 Å². The molecule has 13 heteroatoms. The first-order valence-corrected chi connectivity index (χ1v) is 18.9. The number of carbonyl (C=O) groups is 3. The quantitative estimate of drug-likeness (QED) is 0.0827. The first kappa shape index (κ1) is 37.2. The van der Waals surface area contributed by atoms with Crippen LogP contribution in [0.3, 0.4) is 0 Å². The third-order valence-electron chi connectivity index (χ3n) is 10.2. The minimum atomic E-state index is -1.26. The van der Waals surface area contributed by atoms with Gasteiger partial charge in [0.25, 0.3) is 5.91 Å². The summed E-state index contributed by atoms with van der Waals surface area (Å²) in [5, 5.41) is 15.3. The monoisotopic (exact) mass is 764 g/mol. The molecular formula is C44H40N6O7. The third kappa shape index (κ3) is 7.99. The molecule has 13 nitrogen and oxygen atoms in total. The van der Waals surface area contributed by atoms with Crippen molar-refractivity contribution in [3.05, 3.63) is 108 Å². The number of aliphatic hydroxyl groups is 1. The predicted octanol–water partition coefficient (Wildman–Crippen LogP) is 5.88. The summed E-state index contributed by atoms with van der Waals surface area (Å²) in [5.74, 6) is 6.44. The average Bonchev–Trinajstić information content (AvgIpc) is 3.65. The Balaban J connectivity index is 0.718. The number of fused-ring (bicyclic) bond motifs is 4. The van der Waals surface area contributed by atoms with Gasteiger partial charge in [0, 0.05) is 96.2 Å². The molecule has 2 N–H and O–H groups in total.